The third-order valence-electron chi connectivity index (χ3n) is 2.39. The van der Waals surface area contributed by atoms with Gasteiger partial charge in [0.15, 0.2) is 0 Å². The SMILES string of the molecule is CSc1ccccc1NC(=O)C(N)C(C)C. The highest BCUT2D eigenvalue weighted by Crippen LogP contribution is 2.24. The van der Waals surface area contributed by atoms with Gasteiger partial charge >= 0.3 is 0 Å². The van der Waals surface area contributed by atoms with Gasteiger partial charge in [-0.1, -0.05) is 26.0 Å². The van der Waals surface area contributed by atoms with Crippen LogP contribution in [0.1, 0.15) is 13.8 Å². The van der Waals surface area contributed by atoms with Crippen molar-refractivity contribution in [2.75, 3.05) is 11.6 Å². The number of carbonyl (C=O) groups excluding carboxylic acids is 1. The Morgan fingerprint density at radius 2 is 2.00 bits per heavy atom. The summed E-state index contributed by atoms with van der Waals surface area (Å²) in [5.41, 5.74) is 6.61. The van der Waals surface area contributed by atoms with Gasteiger partial charge in [-0.25, -0.2) is 0 Å². The van der Waals surface area contributed by atoms with E-state index in [2.05, 4.69) is 5.32 Å². The average Bonchev–Trinajstić information content (AvgIpc) is 2.28. The number of rotatable bonds is 4. The van der Waals surface area contributed by atoms with Crippen molar-refractivity contribution in [3.8, 4) is 0 Å². The molecule has 1 rings (SSSR count). The van der Waals surface area contributed by atoms with Gasteiger partial charge in [0.2, 0.25) is 5.91 Å². The predicted molar refractivity (Wildman–Crippen MR) is 69.7 cm³/mol. The van der Waals surface area contributed by atoms with Gasteiger partial charge in [-0.05, 0) is 24.3 Å². The smallest absolute Gasteiger partial charge is 0.241 e. The Hall–Kier alpha value is -1.00. The molecule has 0 heterocycles. The third kappa shape index (κ3) is 3.25. The molecule has 1 atom stereocenters. The van der Waals surface area contributed by atoms with Crippen molar-refractivity contribution in [3.63, 3.8) is 0 Å². The van der Waals surface area contributed by atoms with Gasteiger partial charge in [0.05, 0.1) is 11.7 Å². The van der Waals surface area contributed by atoms with Crippen LogP contribution in [-0.2, 0) is 4.79 Å². The second-order valence-electron chi connectivity index (χ2n) is 3.96. The van der Waals surface area contributed by atoms with E-state index in [1.165, 1.54) is 0 Å². The molecule has 1 aromatic rings. The number of benzene rings is 1. The highest BCUT2D eigenvalue weighted by atomic mass is 32.2. The fraction of sp³-hybridized carbons (Fsp3) is 0.417. The van der Waals surface area contributed by atoms with Crippen molar-refractivity contribution in [2.45, 2.75) is 24.8 Å². The largest absolute Gasteiger partial charge is 0.324 e. The standard InChI is InChI=1S/C12H18N2OS/c1-8(2)11(13)12(15)14-9-6-4-5-7-10(9)16-3/h4-8,11H,13H2,1-3H3,(H,14,15). The molecule has 3 N–H and O–H groups in total. The maximum Gasteiger partial charge on any atom is 0.241 e. The van der Waals surface area contributed by atoms with E-state index in [1.807, 2.05) is 44.4 Å². The molecule has 0 saturated carbocycles. The van der Waals surface area contributed by atoms with E-state index in [9.17, 15) is 4.79 Å². The predicted octanol–water partition coefficient (Wildman–Crippen LogP) is 2.33. The van der Waals surface area contributed by atoms with Crippen molar-refractivity contribution in [1.29, 1.82) is 0 Å². The molecular weight excluding hydrogens is 220 g/mol. The molecule has 0 radical (unpaired) electrons. The summed E-state index contributed by atoms with van der Waals surface area (Å²) in [5, 5.41) is 2.86. The van der Waals surface area contributed by atoms with E-state index in [1.54, 1.807) is 11.8 Å². The van der Waals surface area contributed by atoms with Crippen LogP contribution in [0.4, 0.5) is 5.69 Å². The zero-order chi connectivity index (χ0) is 12.1. The van der Waals surface area contributed by atoms with Crippen molar-refractivity contribution in [2.24, 2.45) is 11.7 Å². The number of nitrogens with two attached hydrogens (primary N) is 1. The number of hydrogen-bond acceptors (Lipinski definition) is 3. The lowest BCUT2D eigenvalue weighted by atomic mass is 10.1. The first-order valence-corrected chi connectivity index (χ1v) is 6.48. The highest BCUT2D eigenvalue weighted by molar-refractivity contribution is 7.98. The van der Waals surface area contributed by atoms with Crippen LogP contribution in [0.2, 0.25) is 0 Å². The Bertz CT molecular complexity index is 366. The van der Waals surface area contributed by atoms with E-state index < -0.39 is 6.04 Å². The molecule has 0 saturated heterocycles. The minimum absolute atomic E-state index is 0.128. The number of hydrogen-bond donors (Lipinski definition) is 2. The van der Waals surface area contributed by atoms with Gasteiger partial charge in [0.1, 0.15) is 0 Å². The first-order valence-electron chi connectivity index (χ1n) is 5.25. The lowest BCUT2D eigenvalue weighted by Crippen LogP contribution is -2.39. The zero-order valence-corrected chi connectivity index (χ0v) is 10.7. The second kappa shape index (κ2) is 5.92. The van der Waals surface area contributed by atoms with Crippen molar-refractivity contribution in [1.82, 2.24) is 0 Å². The van der Waals surface area contributed by atoms with E-state index in [0.29, 0.717) is 0 Å². The monoisotopic (exact) mass is 238 g/mol. The molecule has 88 valence electrons. The number of thioether (sulfide) groups is 1. The van der Waals surface area contributed by atoms with Crippen LogP contribution >= 0.6 is 11.8 Å². The number of anilines is 1. The lowest BCUT2D eigenvalue weighted by molar-refractivity contribution is -0.118. The summed E-state index contributed by atoms with van der Waals surface area (Å²) in [6.07, 6.45) is 1.98. The Labute approximate surface area is 101 Å². The van der Waals surface area contributed by atoms with Crippen LogP contribution in [0, 0.1) is 5.92 Å². The molecule has 4 heteroatoms. The normalized spacial score (nSPS) is 12.6. The minimum Gasteiger partial charge on any atom is -0.324 e. The topological polar surface area (TPSA) is 55.1 Å². The Morgan fingerprint density at radius 1 is 1.38 bits per heavy atom. The van der Waals surface area contributed by atoms with Crippen LogP contribution in [0.5, 0.6) is 0 Å². The summed E-state index contributed by atoms with van der Waals surface area (Å²) >= 11 is 1.60. The van der Waals surface area contributed by atoms with Gasteiger partial charge < -0.3 is 11.1 Å². The number of nitrogens with one attached hydrogen (secondary N) is 1. The summed E-state index contributed by atoms with van der Waals surface area (Å²) in [7, 11) is 0. The van der Waals surface area contributed by atoms with Crippen LogP contribution in [0.3, 0.4) is 0 Å². The van der Waals surface area contributed by atoms with E-state index >= 15 is 0 Å². The Balaban J connectivity index is 2.76. The zero-order valence-electron chi connectivity index (χ0n) is 9.86. The van der Waals surface area contributed by atoms with Gasteiger partial charge in [-0.3, -0.25) is 4.79 Å². The van der Waals surface area contributed by atoms with Crippen molar-refractivity contribution >= 4 is 23.4 Å². The third-order valence-corrected chi connectivity index (χ3v) is 3.18. The summed E-state index contributed by atoms with van der Waals surface area (Å²) in [6, 6.07) is 7.24. The molecule has 0 spiro atoms. The average molecular weight is 238 g/mol. The molecule has 1 aromatic carbocycles. The molecule has 16 heavy (non-hydrogen) atoms. The number of para-hydroxylation sites is 1. The first kappa shape index (κ1) is 13.1. The number of amides is 1. The van der Waals surface area contributed by atoms with Crippen molar-refractivity contribution < 1.29 is 4.79 Å². The molecule has 0 aromatic heterocycles. The Kier molecular flexibility index (Phi) is 4.83. The summed E-state index contributed by atoms with van der Waals surface area (Å²) in [6.45, 7) is 3.87. The van der Waals surface area contributed by atoms with Crippen LogP contribution in [0.25, 0.3) is 0 Å². The van der Waals surface area contributed by atoms with Crippen LogP contribution in [0.15, 0.2) is 29.2 Å². The fourth-order valence-electron chi connectivity index (χ4n) is 1.27. The highest BCUT2D eigenvalue weighted by Gasteiger charge is 2.17. The van der Waals surface area contributed by atoms with E-state index in [-0.39, 0.29) is 11.8 Å². The maximum atomic E-state index is 11.8. The molecule has 0 fully saturated rings. The van der Waals surface area contributed by atoms with Crippen LogP contribution in [-0.4, -0.2) is 18.2 Å². The summed E-state index contributed by atoms with van der Waals surface area (Å²) < 4.78 is 0. The van der Waals surface area contributed by atoms with Gasteiger partial charge in [-0.15, -0.1) is 11.8 Å². The van der Waals surface area contributed by atoms with Crippen molar-refractivity contribution in [3.05, 3.63) is 24.3 Å². The maximum absolute atomic E-state index is 11.8. The fourth-order valence-corrected chi connectivity index (χ4v) is 1.82. The summed E-state index contributed by atoms with van der Waals surface area (Å²) in [5.74, 6) is 0.0120. The second-order valence-corrected chi connectivity index (χ2v) is 4.81. The quantitative estimate of drug-likeness (QED) is 0.792. The van der Waals surface area contributed by atoms with Crippen LogP contribution < -0.4 is 11.1 Å². The van der Waals surface area contributed by atoms with E-state index in [4.69, 9.17) is 5.73 Å². The molecule has 0 aliphatic heterocycles. The minimum atomic E-state index is -0.463. The molecule has 0 aliphatic rings. The lowest BCUT2D eigenvalue weighted by Gasteiger charge is -2.16. The first-order chi connectivity index (χ1) is 7.56. The van der Waals surface area contributed by atoms with Gasteiger partial charge in [0, 0.05) is 4.90 Å². The molecule has 3 nitrogen and oxygen atoms in total. The van der Waals surface area contributed by atoms with Gasteiger partial charge in [-0.2, -0.15) is 0 Å². The molecular formula is C12H18N2OS. The van der Waals surface area contributed by atoms with E-state index in [0.717, 1.165) is 10.6 Å². The summed E-state index contributed by atoms with van der Waals surface area (Å²) in [4.78, 5) is 12.8. The molecule has 0 bridgehead atoms. The van der Waals surface area contributed by atoms with Gasteiger partial charge in [0.25, 0.3) is 0 Å². The Morgan fingerprint density at radius 3 is 2.56 bits per heavy atom. The molecule has 0 aliphatic carbocycles. The molecule has 1 amide bonds. The number of carbonyl (C=O) groups is 1. The molecule has 1 unspecified atom stereocenters.